The molecule has 106 valence electrons. The van der Waals surface area contributed by atoms with E-state index in [-0.39, 0.29) is 0 Å². The molecule has 0 atom stereocenters. The number of rotatable bonds is 3. The van der Waals surface area contributed by atoms with Gasteiger partial charge in [-0.15, -0.1) is 0 Å². The fourth-order valence-corrected chi connectivity index (χ4v) is 3.95. The fourth-order valence-electron chi connectivity index (χ4n) is 3.95. The lowest BCUT2D eigenvalue weighted by Gasteiger charge is -2.45. The maximum Gasteiger partial charge on any atom is 0.0300 e. The van der Waals surface area contributed by atoms with Crippen molar-refractivity contribution in [3.8, 4) is 0 Å². The van der Waals surface area contributed by atoms with Gasteiger partial charge in [0, 0.05) is 25.0 Å². The van der Waals surface area contributed by atoms with Gasteiger partial charge in [-0.25, -0.2) is 0 Å². The Bertz CT molecular complexity index is 419. The zero-order chi connectivity index (χ0) is 14.1. The molecule has 1 saturated carbocycles. The van der Waals surface area contributed by atoms with Crippen LogP contribution in [0.4, 0.5) is 0 Å². The van der Waals surface area contributed by atoms with Gasteiger partial charge in [-0.3, -0.25) is 4.98 Å². The highest BCUT2D eigenvalue weighted by molar-refractivity contribution is 5.21. The first kappa shape index (κ1) is 14.5. The molecule has 1 N–H and O–H groups in total. The smallest absolute Gasteiger partial charge is 0.0300 e. The molecule has 2 heteroatoms. The van der Waals surface area contributed by atoms with Crippen LogP contribution in [0, 0.1) is 17.8 Å². The SMILES string of the molecule is Cc1cnccc1CNC1CC(C)(C)CC(C)(C)C1. The molecule has 2 nitrogen and oxygen atoms in total. The Hall–Kier alpha value is -0.890. The van der Waals surface area contributed by atoms with Gasteiger partial charge in [-0.2, -0.15) is 0 Å². The summed E-state index contributed by atoms with van der Waals surface area (Å²) in [6.45, 7) is 12.7. The van der Waals surface area contributed by atoms with E-state index in [1.54, 1.807) is 0 Å². The molecule has 1 fully saturated rings. The molecule has 1 heterocycles. The normalized spacial score (nSPS) is 22.4. The van der Waals surface area contributed by atoms with Gasteiger partial charge in [0.15, 0.2) is 0 Å². The van der Waals surface area contributed by atoms with Crippen molar-refractivity contribution in [1.29, 1.82) is 0 Å². The highest BCUT2D eigenvalue weighted by Crippen LogP contribution is 2.45. The molecule has 0 saturated heterocycles. The summed E-state index contributed by atoms with van der Waals surface area (Å²) in [7, 11) is 0. The minimum absolute atomic E-state index is 0.451. The van der Waals surface area contributed by atoms with Crippen LogP contribution in [0.1, 0.15) is 58.1 Å². The average molecular weight is 260 g/mol. The van der Waals surface area contributed by atoms with Crippen LogP contribution >= 0.6 is 0 Å². The molecule has 1 aliphatic rings. The lowest BCUT2D eigenvalue weighted by Crippen LogP contribution is -2.43. The number of nitrogens with zero attached hydrogens (tertiary/aromatic N) is 1. The maximum absolute atomic E-state index is 4.16. The number of aryl methyl sites for hydroxylation is 1. The first-order chi connectivity index (χ1) is 8.77. The Balaban J connectivity index is 1.98. The van der Waals surface area contributed by atoms with Crippen LogP contribution in [0.2, 0.25) is 0 Å². The lowest BCUT2D eigenvalue weighted by molar-refractivity contribution is 0.0844. The van der Waals surface area contributed by atoms with Crippen LogP contribution < -0.4 is 5.32 Å². The first-order valence-corrected chi connectivity index (χ1v) is 7.40. The fraction of sp³-hybridized carbons (Fsp3) is 0.706. The number of pyridine rings is 1. The second kappa shape index (κ2) is 5.24. The van der Waals surface area contributed by atoms with E-state index in [0.717, 1.165) is 6.54 Å². The average Bonchev–Trinajstić information content (AvgIpc) is 2.23. The zero-order valence-electron chi connectivity index (χ0n) is 13.1. The van der Waals surface area contributed by atoms with Crippen molar-refractivity contribution in [2.75, 3.05) is 0 Å². The van der Waals surface area contributed by atoms with Crippen molar-refractivity contribution < 1.29 is 0 Å². The third-order valence-electron chi connectivity index (χ3n) is 4.27. The third kappa shape index (κ3) is 4.04. The molecule has 19 heavy (non-hydrogen) atoms. The van der Waals surface area contributed by atoms with Gasteiger partial charge in [0.05, 0.1) is 0 Å². The first-order valence-electron chi connectivity index (χ1n) is 7.40. The minimum atomic E-state index is 0.451. The molecule has 0 radical (unpaired) electrons. The van der Waals surface area contributed by atoms with Gasteiger partial charge in [0.25, 0.3) is 0 Å². The maximum atomic E-state index is 4.16. The molecule has 0 unspecified atom stereocenters. The number of nitrogens with one attached hydrogen (secondary N) is 1. The molecule has 1 aromatic rings. The van der Waals surface area contributed by atoms with Crippen LogP contribution in [0.3, 0.4) is 0 Å². The van der Waals surface area contributed by atoms with E-state index in [4.69, 9.17) is 0 Å². The van der Waals surface area contributed by atoms with Crippen molar-refractivity contribution in [2.45, 2.75) is 66.5 Å². The minimum Gasteiger partial charge on any atom is -0.310 e. The standard InChI is InChI=1S/C17H28N2/c1-13-10-18-7-6-14(13)11-19-15-8-16(2,3)12-17(4,5)9-15/h6-7,10,15,19H,8-9,11-12H2,1-5H3. The second-order valence-corrected chi connectivity index (χ2v) is 7.79. The van der Waals surface area contributed by atoms with Crippen LogP contribution in [0.25, 0.3) is 0 Å². The molecule has 2 rings (SSSR count). The van der Waals surface area contributed by atoms with E-state index in [1.165, 1.54) is 30.4 Å². The van der Waals surface area contributed by atoms with Crippen molar-refractivity contribution in [2.24, 2.45) is 10.8 Å². The van der Waals surface area contributed by atoms with Gasteiger partial charge >= 0.3 is 0 Å². The summed E-state index contributed by atoms with van der Waals surface area (Å²) in [5, 5.41) is 3.76. The van der Waals surface area contributed by atoms with Crippen LogP contribution in [0.15, 0.2) is 18.5 Å². The molecule has 0 aliphatic heterocycles. The number of aromatic nitrogens is 1. The molecule has 0 bridgehead atoms. The molecular weight excluding hydrogens is 232 g/mol. The van der Waals surface area contributed by atoms with Crippen LogP contribution in [-0.2, 0) is 6.54 Å². The molecule has 1 aliphatic carbocycles. The number of hydrogen-bond acceptors (Lipinski definition) is 2. The summed E-state index contributed by atoms with van der Waals surface area (Å²) in [5.41, 5.74) is 3.56. The molecular formula is C17H28N2. The van der Waals surface area contributed by atoms with Gasteiger partial charge in [0.1, 0.15) is 0 Å². The van der Waals surface area contributed by atoms with Gasteiger partial charge in [0.2, 0.25) is 0 Å². The quantitative estimate of drug-likeness (QED) is 0.885. The Morgan fingerprint density at radius 1 is 1.21 bits per heavy atom. The van der Waals surface area contributed by atoms with Crippen molar-refractivity contribution in [3.05, 3.63) is 29.6 Å². The summed E-state index contributed by atoms with van der Waals surface area (Å²) in [6.07, 6.45) is 7.72. The molecule has 0 amide bonds. The summed E-state index contributed by atoms with van der Waals surface area (Å²) in [4.78, 5) is 4.16. The van der Waals surface area contributed by atoms with E-state index < -0.39 is 0 Å². The zero-order valence-corrected chi connectivity index (χ0v) is 13.1. The topological polar surface area (TPSA) is 24.9 Å². The third-order valence-corrected chi connectivity index (χ3v) is 4.27. The predicted octanol–water partition coefficient (Wildman–Crippen LogP) is 4.08. The summed E-state index contributed by atoms with van der Waals surface area (Å²) < 4.78 is 0. The predicted molar refractivity (Wildman–Crippen MR) is 81.0 cm³/mol. The Kier molecular flexibility index (Phi) is 4.00. The molecule has 1 aromatic heterocycles. The largest absolute Gasteiger partial charge is 0.310 e. The Labute approximate surface area is 118 Å². The number of hydrogen-bond donors (Lipinski definition) is 1. The highest BCUT2D eigenvalue weighted by Gasteiger charge is 2.38. The monoisotopic (exact) mass is 260 g/mol. The van der Waals surface area contributed by atoms with Gasteiger partial charge < -0.3 is 5.32 Å². The van der Waals surface area contributed by atoms with E-state index in [0.29, 0.717) is 16.9 Å². The summed E-state index contributed by atoms with van der Waals surface area (Å²) in [6, 6.07) is 2.76. The summed E-state index contributed by atoms with van der Waals surface area (Å²) >= 11 is 0. The lowest BCUT2D eigenvalue weighted by atomic mass is 9.63. The van der Waals surface area contributed by atoms with Gasteiger partial charge in [-0.1, -0.05) is 27.7 Å². The second-order valence-electron chi connectivity index (χ2n) is 7.79. The van der Waals surface area contributed by atoms with Crippen LogP contribution in [-0.4, -0.2) is 11.0 Å². The van der Waals surface area contributed by atoms with Crippen molar-refractivity contribution in [3.63, 3.8) is 0 Å². The summed E-state index contributed by atoms with van der Waals surface area (Å²) in [5.74, 6) is 0. The molecule has 0 aromatic carbocycles. The van der Waals surface area contributed by atoms with Crippen molar-refractivity contribution in [1.82, 2.24) is 10.3 Å². The van der Waals surface area contributed by atoms with E-state index >= 15 is 0 Å². The van der Waals surface area contributed by atoms with E-state index in [1.807, 2.05) is 12.4 Å². The Morgan fingerprint density at radius 3 is 2.42 bits per heavy atom. The van der Waals surface area contributed by atoms with Gasteiger partial charge in [-0.05, 0) is 54.2 Å². The Morgan fingerprint density at radius 2 is 1.84 bits per heavy atom. The highest BCUT2D eigenvalue weighted by atomic mass is 14.9. The molecule has 0 spiro atoms. The van der Waals surface area contributed by atoms with Crippen molar-refractivity contribution >= 4 is 0 Å². The van der Waals surface area contributed by atoms with E-state index in [2.05, 4.69) is 51.0 Å². The van der Waals surface area contributed by atoms with E-state index in [9.17, 15) is 0 Å². The van der Waals surface area contributed by atoms with Crippen LogP contribution in [0.5, 0.6) is 0 Å².